The number of esters is 1. The standard InChI is InChI=1S/C11H14ClNO3/c1-7(10(13)11(14)15-2)16-9-5-3-8(12)4-6-9/h3-7,10H,13H2,1-2H3/t7-,10-/m0/s1. The van der Waals surface area contributed by atoms with Crippen LogP contribution >= 0.6 is 11.6 Å². The second-order valence-electron chi connectivity index (χ2n) is 3.33. The van der Waals surface area contributed by atoms with Crippen molar-refractivity contribution in [2.45, 2.75) is 19.1 Å². The van der Waals surface area contributed by atoms with Gasteiger partial charge in [-0.3, -0.25) is 4.79 Å². The third-order valence-electron chi connectivity index (χ3n) is 2.11. The number of benzene rings is 1. The lowest BCUT2D eigenvalue weighted by Crippen LogP contribution is -2.44. The summed E-state index contributed by atoms with van der Waals surface area (Å²) in [5, 5.41) is 0.622. The Morgan fingerprint density at radius 2 is 1.94 bits per heavy atom. The highest BCUT2D eigenvalue weighted by Gasteiger charge is 2.22. The van der Waals surface area contributed by atoms with Gasteiger partial charge in [-0.05, 0) is 31.2 Å². The van der Waals surface area contributed by atoms with Crippen LogP contribution in [0.1, 0.15) is 6.92 Å². The summed E-state index contributed by atoms with van der Waals surface area (Å²) in [4.78, 5) is 11.1. The van der Waals surface area contributed by atoms with E-state index in [1.807, 2.05) is 0 Å². The van der Waals surface area contributed by atoms with Gasteiger partial charge in [-0.2, -0.15) is 0 Å². The molecule has 0 aliphatic carbocycles. The molecule has 5 heteroatoms. The van der Waals surface area contributed by atoms with E-state index in [0.29, 0.717) is 10.8 Å². The summed E-state index contributed by atoms with van der Waals surface area (Å²) in [6.45, 7) is 1.70. The van der Waals surface area contributed by atoms with Gasteiger partial charge in [0.2, 0.25) is 0 Å². The number of hydrogen-bond donors (Lipinski definition) is 1. The number of hydrogen-bond acceptors (Lipinski definition) is 4. The topological polar surface area (TPSA) is 61.5 Å². The molecule has 0 saturated heterocycles. The summed E-state index contributed by atoms with van der Waals surface area (Å²) in [6.07, 6.45) is -0.464. The van der Waals surface area contributed by atoms with Crippen LogP contribution < -0.4 is 10.5 Å². The Kier molecular flexibility index (Phi) is 4.58. The third kappa shape index (κ3) is 3.40. The number of halogens is 1. The minimum atomic E-state index is -0.805. The van der Waals surface area contributed by atoms with Gasteiger partial charge in [0.05, 0.1) is 7.11 Å². The predicted octanol–water partition coefficient (Wildman–Crippen LogP) is 1.61. The van der Waals surface area contributed by atoms with Gasteiger partial charge in [-0.25, -0.2) is 0 Å². The van der Waals surface area contributed by atoms with Gasteiger partial charge in [0.1, 0.15) is 17.9 Å². The van der Waals surface area contributed by atoms with E-state index in [1.165, 1.54) is 7.11 Å². The van der Waals surface area contributed by atoms with Crippen LogP contribution in [0.15, 0.2) is 24.3 Å². The van der Waals surface area contributed by atoms with Crippen LogP contribution in [-0.4, -0.2) is 25.2 Å². The van der Waals surface area contributed by atoms with Crippen molar-refractivity contribution in [3.8, 4) is 5.75 Å². The first kappa shape index (κ1) is 12.8. The second kappa shape index (κ2) is 5.72. The van der Waals surface area contributed by atoms with E-state index in [2.05, 4.69) is 4.74 Å². The highest BCUT2D eigenvalue weighted by molar-refractivity contribution is 6.30. The minimum absolute atomic E-state index is 0.464. The highest BCUT2D eigenvalue weighted by Crippen LogP contribution is 2.17. The van der Waals surface area contributed by atoms with E-state index in [1.54, 1.807) is 31.2 Å². The van der Waals surface area contributed by atoms with Crippen LogP contribution in [0.25, 0.3) is 0 Å². The molecule has 0 aliphatic rings. The Balaban J connectivity index is 2.60. The van der Waals surface area contributed by atoms with E-state index in [-0.39, 0.29) is 0 Å². The monoisotopic (exact) mass is 243 g/mol. The quantitative estimate of drug-likeness (QED) is 0.817. The van der Waals surface area contributed by atoms with E-state index in [0.717, 1.165) is 0 Å². The van der Waals surface area contributed by atoms with Gasteiger partial charge in [-0.1, -0.05) is 11.6 Å². The summed E-state index contributed by atoms with van der Waals surface area (Å²) >= 11 is 5.73. The lowest BCUT2D eigenvalue weighted by molar-refractivity contribution is -0.144. The molecule has 0 aromatic heterocycles. The predicted molar refractivity (Wildman–Crippen MR) is 61.5 cm³/mol. The molecule has 88 valence electrons. The maximum Gasteiger partial charge on any atom is 0.326 e. The Hall–Kier alpha value is -1.26. The molecule has 1 aromatic rings. The average molecular weight is 244 g/mol. The third-order valence-corrected chi connectivity index (χ3v) is 2.37. The number of carbonyl (C=O) groups excluding carboxylic acids is 1. The van der Waals surface area contributed by atoms with Crippen LogP contribution in [0.4, 0.5) is 0 Å². The molecule has 2 N–H and O–H groups in total. The van der Waals surface area contributed by atoms with Gasteiger partial charge >= 0.3 is 5.97 Å². The molecule has 0 spiro atoms. The zero-order valence-corrected chi connectivity index (χ0v) is 9.90. The first-order valence-electron chi connectivity index (χ1n) is 4.80. The fourth-order valence-electron chi connectivity index (χ4n) is 1.13. The Morgan fingerprint density at radius 3 is 2.44 bits per heavy atom. The van der Waals surface area contributed by atoms with Crippen molar-refractivity contribution in [3.63, 3.8) is 0 Å². The molecule has 4 nitrogen and oxygen atoms in total. The van der Waals surface area contributed by atoms with E-state index in [9.17, 15) is 4.79 Å². The minimum Gasteiger partial charge on any atom is -0.488 e. The van der Waals surface area contributed by atoms with Crippen molar-refractivity contribution < 1.29 is 14.3 Å². The SMILES string of the molecule is COC(=O)[C@@H](N)[C@H](C)Oc1ccc(Cl)cc1. The Bertz CT molecular complexity index is 353. The molecule has 0 aliphatic heterocycles. The summed E-state index contributed by atoms with van der Waals surface area (Å²) < 4.78 is 9.99. The van der Waals surface area contributed by atoms with Gasteiger partial charge < -0.3 is 15.2 Å². The van der Waals surface area contributed by atoms with Crippen molar-refractivity contribution in [2.24, 2.45) is 5.73 Å². The maximum absolute atomic E-state index is 11.1. The molecule has 0 fully saturated rings. The summed E-state index contributed by atoms with van der Waals surface area (Å²) in [7, 11) is 1.29. The lowest BCUT2D eigenvalue weighted by Gasteiger charge is -2.19. The molecule has 0 bridgehead atoms. The molecule has 1 aromatic carbocycles. The molecule has 0 saturated carbocycles. The smallest absolute Gasteiger partial charge is 0.326 e. The number of ether oxygens (including phenoxy) is 2. The molecule has 1 rings (SSSR count). The van der Waals surface area contributed by atoms with Crippen LogP contribution in [0, 0.1) is 0 Å². The van der Waals surface area contributed by atoms with Crippen molar-refractivity contribution in [3.05, 3.63) is 29.3 Å². The van der Waals surface area contributed by atoms with E-state index < -0.39 is 18.1 Å². The van der Waals surface area contributed by atoms with Crippen LogP contribution in [-0.2, 0) is 9.53 Å². The van der Waals surface area contributed by atoms with Gasteiger partial charge in [0.15, 0.2) is 0 Å². The number of methoxy groups -OCH3 is 1. The molecular formula is C11H14ClNO3. The average Bonchev–Trinajstić information content (AvgIpc) is 2.30. The van der Waals surface area contributed by atoms with E-state index in [4.69, 9.17) is 22.1 Å². The van der Waals surface area contributed by atoms with Crippen molar-refractivity contribution in [1.82, 2.24) is 0 Å². The van der Waals surface area contributed by atoms with E-state index >= 15 is 0 Å². The molecular weight excluding hydrogens is 230 g/mol. The molecule has 0 radical (unpaired) electrons. The molecule has 0 heterocycles. The van der Waals surface area contributed by atoms with Crippen molar-refractivity contribution in [2.75, 3.05) is 7.11 Å². The molecule has 2 atom stereocenters. The zero-order valence-electron chi connectivity index (χ0n) is 9.14. The fraction of sp³-hybridized carbons (Fsp3) is 0.364. The van der Waals surface area contributed by atoms with Crippen LogP contribution in [0.2, 0.25) is 5.02 Å². The summed E-state index contributed by atoms with van der Waals surface area (Å²) in [5.41, 5.74) is 5.62. The number of rotatable bonds is 4. The largest absolute Gasteiger partial charge is 0.488 e. The lowest BCUT2D eigenvalue weighted by atomic mass is 10.2. The highest BCUT2D eigenvalue weighted by atomic mass is 35.5. The fourth-order valence-corrected chi connectivity index (χ4v) is 1.25. The maximum atomic E-state index is 11.1. The normalized spacial score (nSPS) is 14.0. The summed E-state index contributed by atoms with van der Waals surface area (Å²) in [6, 6.07) is 6.02. The number of nitrogens with two attached hydrogens (primary N) is 1. The first-order valence-corrected chi connectivity index (χ1v) is 5.18. The van der Waals surface area contributed by atoms with Crippen LogP contribution in [0.3, 0.4) is 0 Å². The van der Waals surface area contributed by atoms with Gasteiger partial charge in [-0.15, -0.1) is 0 Å². The van der Waals surface area contributed by atoms with Crippen LogP contribution in [0.5, 0.6) is 5.75 Å². The Morgan fingerprint density at radius 1 is 1.38 bits per heavy atom. The molecule has 16 heavy (non-hydrogen) atoms. The van der Waals surface area contributed by atoms with Crippen molar-refractivity contribution in [1.29, 1.82) is 0 Å². The van der Waals surface area contributed by atoms with Crippen molar-refractivity contribution >= 4 is 17.6 Å². The first-order chi connectivity index (χ1) is 7.54. The zero-order chi connectivity index (χ0) is 12.1. The molecule has 0 unspecified atom stereocenters. The second-order valence-corrected chi connectivity index (χ2v) is 3.76. The van der Waals surface area contributed by atoms with Gasteiger partial charge in [0, 0.05) is 5.02 Å². The number of carbonyl (C=O) groups is 1. The molecule has 0 amide bonds. The summed E-state index contributed by atoms with van der Waals surface area (Å²) in [5.74, 6) is 0.109. The van der Waals surface area contributed by atoms with Gasteiger partial charge in [0.25, 0.3) is 0 Å². The Labute approximate surface area is 99.3 Å².